The molecule has 2 aromatic rings. The van der Waals surface area contributed by atoms with Gasteiger partial charge in [-0.05, 0) is 41.3 Å². The highest BCUT2D eigenvalue weighted by molar-refractivity contribution is 9.10. The summed E-state index contributed by atoms with van der Waals surface area (Å²) in [5.41, 5.74) is 2.83. The molecule has 3 rings (SSSR count). The van der Waals surface area contributed by atoms with Gasteiger partial charge in [-0.2, -0.15) is 0 Å². The Labute approximate surface area is 107 Å². The molecule has 0 radical (unpaired) electrons. The highest BCUT2D eigenvalue weighted by atomic mass is 79.9. The number of hydrogen-bond acceptors (Lipinski definition) is 2. The van der Waals surface area contributed by atoms with Crippen molar-refractivity contribution in [2.75, 3.05) is 11.9 Å². The minimum Gasteiger partial charge on any atom is -0.384 e. The van der Waals surface area contributed by atoms with Crippen LogP contribution in [0.4, 0.5) is 5.69 Å². The summed E-state index contributed by atoms with van der Waals surface area (Å²) in [5.74, 6) is 0. The van der Waals surface area contributed by atoms with Crippen molar-refractivity contribution in [3.8, 4) is 0 Å². The third-order valence-electron chi connectivity index (χ3n) is 3.25. The number of fused-ring (bicyclic) bond motifs is 3. The van der Waals surface area contributed by atoms with Crippen molar-refractivity contribution >= 4 is 32.5 Å². The summed E-state index contributed by atoms with van der Waals surface area (Å²) in [6.07, 6.45) is 3.05. The molecule has 1 aromatic heterocycles. The molecule has 1 aliphatic heterocycles. The first-order valence-electron chi connectivity index (χ1n) is 5.84. The van der Waals surface area contributed by atoms with Crippen molar-refractivity contribution in [1.29, 1.82) is 0 Å². The van der Waals surface area contributed by atoms with Gasteiger partial charge in [0.15, 0.2) is 0 Å². The van der Waals surface area contributed by atoms with E-state index in [1.165, 1.54) is 0 Å². The number of hydrogen-bond donors (Lipinski definition) is 2. The Morgan fingerprint density at radius 2 is 2.12 bits per heavy atom. The second-order valence-electron chi connectivity index (χ2n) is 4.35. The van der Waals surface area contributed by atoms with Gasteiger partial charge in [-0.1, -0.05) is 12.1 Å². The molecule has 0 spiro atoms. The molecule has 0 bridgehead atoms. The molecule has 1 aliphatic rings. The molecular weight excluding hydrogens is 280 g/mol. The lowest BCUT2D eigenvalue weighted by Crippen LogP contribution is -2.15. The van der Waals surface area contributed by atoms with Crippen molar-refractivity contribution in [3.05, 3.63) is 38.6 Å². The van der Waals surface area contributed by atoms with Crippen LogP contribution < -0.4 is 10.9 Å². The van der Waals surface area contributed by atoms with Crippen LogP contribution in [0.3, 0.4) is 0 Å². The van der Waals surface area contributed by atoms with Gasteiger partial charge in [-0.3, -0.25) is 4.79 Å². The number of benzene rings is 1. The van der Waals surface area contributed by atoms with Crippen molar-refractivity contribution < 1.29 is 0 Å². The molecule has 0 aliphatic carbocycles. The lowest BCUT2D eigenvalue weighted by Gasteiger charge is -2.11. The molecule has 2 N–H and O–H groups in total. The zero-order valence-corrected chi connectivity index (χ0v) is 10.9. The van der Waals surface area contributed by atoms with Gasteiger partial charge in [-0.15, -0.1) is 0 Å². The van der Waals surface area contributed by atoms with Crippen LogP contribution in [0.25, 0.3) is 10.9 Å². The summed E-state index contributed by atoms with van der Waals surface area (Å²) in [7, 11) is 0. The molecule has 2 heterocycles. The number of halogens is 1. The molecule has 0 unspecified atom stereocenters. The van der Waals surface area contributed by atoms with E-state index in [4.69, 9.17) is 0 Å². The normalized spacial score (nSPS) is 15.1. The predicted molar refractivity (Wildman–Crippen MR) is 73.7 cm³/mol. The van der Waals surface area contributed by atoms with Crippen LogP contribution in [0.2, 0.25) is 0 Å². The van der Waals surface area contributed by atoms with Gasteiger partial charge in [0, 0.05) is 22.0 Å². The molecule has 3 nitrogen and oxygen atoms in total. The Balaban J connectivity index is 2.40. The fourth-order valence-corrected chi connectivity index (χ4v) is 2.87. The largest absolute Gasteiger partial charge is 0.384 e. The first-order chi connectivity index (χ1) is 8.27. The van der Waals surface area contributed by atoms with Crippen LogP contribution in [0.5, 0.6) is 0 Å². The number of anilines is 1. The minimum atomic E-state index is 0.0359. The van der Waals surface area contributed by atoms with E-state index < -0.39 is 0 Å². The quantitative estimate of drug-likeness (QED) is 0.784. The fraction of sp³-hybridized carbons (Fsp3) is 0.308. The molecule has 1 aromatic carbocycles. The first kappa shape index (κ1) is 10.8. The Bertz CT molecular complexity index is 633. The van der Waals surface area contributed by atoms with Crippen molar-refractivity contribution in [2.24, 2.45) is 0 Å². The van der Waals surface area contributed by atoms with Crippen LogP contribution in [-0.4, -0.2) is 11.5 Å². The average molecular weight is 293 g/mol. The van der Waals surface area contributed by atoms with Gasteiger partial charge in [-0.25, -0.2) is 0 Å². The SMILES string of the molecule is O=c1[nH]c2c(Br)cccc2c2c1CCCCN2. The molecule has 0 atom stereocenters. The molecule has 17 heavy (non-hydrogen) atoms. The smallest absolute Gasteiger partial charge is 0.253 e. The Morgan fingerprint density at radius 1 is 1.24 bits per heavy atom. The second kappa shape index (κ2) is 4.18. The van der Waals surface area contributed by atoms with Gasteiger partial charge in [0.25, 0.3) is 5.56 Å². The maximum Gasteiger partial charge on any atom is 0.253 e. The van der Waals surface area contributed by atoms with E-state index in [-0.39, 0.29) is 5.56 Å². The number of aromatic nitrogens is 1. The number of nitrogens with one attached hydrogen (secondary N) is 2. The monoisotopic (exact) mass is 292 g/mol. The van der Waals surface area contributed by atoms with Crippen molar-refractivity contribution in [2.45, 2.75) is 19.3 Å². The average Bonchev–Trinajstić information content (AvgIpc) is 2.57. The maximum atomic E-state index is 12.1. The summed E-state index contributed by atoms with van der Waals surface area (Å²) in [4.78, 5) is 15.0. The molecular formula is C13H13BrN2O. The fourth-order valence-electron chi connectivity index (χ4n) is 2.41. The number of pyridine rings is 1. The maximum absolute atomic E-state index is 12.1. The Kier molecular flexibility index (Phi) is 2.67. The molecule has 88 valence electrons. The summed E-state index contributed by atoms with van der Waals surface area (Å²) in [6.45, 7) is 0.943. The van der Waals surface area contributed by atoms with E-state index in [9.17, 15) is 4.79 Å². The molecule has 0 saturated carbocycles. The highest BCUT2D eigenvalue weighted by Gasteiger charge is 2.15. The van der Waals surface area contributed by atoms with Crippen LogP contribution in [-0.2, 0) is 6.42 Å². The van der Waals surface area contributed by atoms with E-state index >= 15 is 0 Å². The Morgan fingerprint density at radius 3 is 3.00 bits per heavy atom. The topological polar surface area (TPSA) is 44.9 Å². The van der Waals surface area contributed by atoms with E-state index in [1.54, 1.807) is 0 Å². The van der Waals surface area contributed by atoms with E-state index in [0.717, 1.165) is 52.4 Å². The molecule has 4 heteroatoms. The van der Waals surface area contributed by atoms with Gasteiger partial charge in [0.2, 0.25) is 0 Å². The number of para-hydroxylation sites is 1. The Hall–Kier alpha value is -1.29. The second-order valence-corrected chi connectivity index (χ2v) is 5.21. The minimum absolute atomic E-state index is 0.0359. The van der Waals surface area contributed by atoms with Gasteiger partial charge in [0.05, 0.1) is 11.2 Å². The summed E-state index contributed by atoms with van der Waals surface area (Å²) in [6, 6.07) is 5.99. The summed E-state index contributed by atoms with van der Waals surface area (Å²) < 4.78 is 0.931. The van der Waals surface area contributed by atoms with Gasteiger partial charge < -0.3 is 10.3 Å². The van der Waals surface area contributed by atoms with Gasteiger partial charge >= 0.3 is 0 Å². The van der Waals surface area contributed by atoms with Crippen LogP contribution in [0.1, 0.15) is 18.4 Å². The molecule has 0 saturated heterocycles. The van der Waals surface area contributed by atoms with Crippen molar-refractivity contribution in [3.63, 3.8) is 0 Å². The van der Waals surface area contributed by atoms with Gasteiger partial charge in [0.1, 0.15) is 0 Å². The van der Waals surface area contributed by atoms with E-state index in [2.05, 4.69) is 26.2 Å². The van der Waals surface area contributed by atoms with Crippen molar-refractivity contribution in [1.82, 2.24) is 4.98 Å². The van der Waals surface area contributed by atoms with Crippen LogP contribution in [0, 0.1) is 0 Å². The highest BCUT2D eigenvalue weighted by Crippen LogP contribution is 2.30. The molecule has 0 amide bonds. The zero-order chi connectivity index (χ0) is 11.8. The number of H-pyrrole nitrogens is 1. The van der Waals surface area contributed by atoms with Crippen LogP contribution in [0.15, 0.2) is 27.5 Å². The number of rotatable bonds is 0. The lowest BCUT2D eigenvalue weighted by molar-refractivity contribution is 0.781. The van der Waals surface area contributed by atoms with Crippen LogP contribution >= 0.6 is 15.9 Å². The standard InChI is InChI=1S/C13H13BrN2O/c14-10-6-3-5-8-11-9(4-1-2-7-15-11)13(17)16-12(8)10/h3,5-6,15H,1-2,4,7H2,(H,16,17). The number of aromatic amines is 1. The summed E-state index contributed by atoms with van der Waals surface area (Å²) in [5, 5.41) is 4.49. The van der Waals surface area contributed by atoms with E-state index in [1.807, 2.05) is 18.2 Å². The predicted octanol–water partition coefficient (Wildman–Crippen LogP) is 3.04. The molecule has 0 fully saturated rings. The first-order valence-corrected chi connectivity index (χ1v) is 6.64. The zero-order valence-electron chi connectivity index (χ0n) is 9.35. The third kappa shape index (κ3) is 1.76. The summed E-state index contributed by atoms with van der Waals surface area (Å²) >= 11 is 3.48. The van der Waals surface area contributed by atoms with E-state index in [0.29, 0.717) is 0 Å². The lowest BCUT2D eigenvalue weighted by atomic mass is 10.1. The third-order valence-corrected chi connectivity index (χ3v) is 3.91.